The molecule has 1 rings (SSSR count). The topological polar surface area (TPSA) is 12.0 Å². The van der Waals surface area contributed by atoms with Gasteiger partial charge in [0.25, 0.3) is 0 Å². The molecule has 2 unspecified atom stereocenters. The molecule has 0 spiro atoms. The molecule has 12 heavy (non-hydrogen) atoms. The Bertz CT molecular complexity index is 108. The first-order valence-corrected chi connectivity index (χ1v) is 5.17. The van der Waals surface area contributed by atoms with E-state index in [4.69, 9.17) is 0 Å². The van der Waals surface area contributed by atoms with Crippen LogP contribution in [-0.2, 0) is 0 Å². The van der Waals surface area contributed by atoms with Crippen LogP contribution < -0.4 is 5.32 Å². The molecule has 0 aliphatic carbocycles. The second-order valence-corrected chi connectivity index (χ2v) is 3.79. The lowest BCUT2D eigenvalue weighted by atomic mass is 9.94. The molecule has 0 bridgehead atoms. The van der Waals surface area contributed by atoms with Gasteiger partial charge >= 0.3 is 0 Å². The van der Waals surface area contributed by atoms with Crippen LogP contribution in [0.2, 0.25) is 0 Å². The third kappa shape index (κ3) is 3.53. The third-order valence-electron chi connectivity index (χ3n) is 2.73. The normalized spacial score (nSPS) is 28.0. The molecule has 0 aromatic carbocycles. The number of hydrogen-bond acceptors (Lipinski definition) is 1. The Labute approximate surface area is 74.7 Å². The van der Waals surface area contributed by atoms with Gasteiger partial charge in [0.2, 0.25) is 0 Å². The summed E-state index contributed by atoms with van der Waals surface area (Å²) in [6.45, 7) is 4.14. The molecule has 1 fully saturated rings. The van der Waals surface area contributed by atoms with Crippen LogP contribution in [0.25, 0.3) is 0 Å². The SMILES string of the molecule is CCC(F)CC1CCCNCC1. The maximum Gasteiger partial charge on any atom is 0.100 e. The predicted octanol–water partition coefficient (Wildman–Crippen LogP) is 2.51. The molecule has 0 aromatic heterocycles. The highest BCUT2D eigenvalue weighted by Crippen LogP contribution is 2.21. The van der Waals surface area contributed by atoms with Crippen molar-refractivity contribution >= 4 is 0 Å². The van der Waals surface area contributed by atoms with Gasteiger partial charge in [-0.3, -0.25) is 0 Å². The molecule has 1 aliphatic rings. The van der Waals surface area contributed by atoms with Crippen LogP contribution in [-0.4, -0.2) is 19.3 Å². The highest BCUT2D eigenvalue weighted by Gasteiger charge is 2.15. The Morgan fingerprint density at radius 2 is 2.25 bits per heavy atom. The van der Waals surface area contributed by atoms with Crippen LogP contribution in [0.4, 0.5) is 4.39 Å². The number of nitrogens with one attached hydrogen (secondary N) is 1. The first kappa shape index (κ1) is 9.97. The zero-order valence-electron chi connectivity index (χ0n) is 7.98. The fraction of sp³-hybridized carbons (Fsp3) is 1.00. The average Bonchev–Trinajstić information content (AvgIpc) is 2.33. The van der Waals surface area contributed by atoms with E-state index in [0.717, 1.165) is 19.5 Å². The molecule has 2 atom stereocenters. The van der Waals surface area contributed by atoms with Gasteiger partial charge in [0.1, 0.15) is 6.17 Å². The summed E-state index contributed by atoms with van der Waals surface area (Å²) in [6.07, 6.45) is 4.52. The average molecular weight is 173 g/mol. The van der Waals surface area contributed by atoms with Gasteiger partial charge in [0.05, 0.1) is 0 Å². The van der Waals surface area contributed by atoms with Gasteiger partial charge in [-0.25, -0.2) is 4.39 Å². The van der Waals surface area contributed by atoms with Gasteiger partial charge in [0, 0.05) is 0 Å². The van der Waals surface area contributed by atoms with Crippen molar-refractivity contribution in [1.29, 1.82) is 0 Å². The smallest absolute Gasteiger partial charge is 0.100 e. The summed E-state index contributed by atoms with van der Waals surface area (Å²) in [4.78, 5) is 0. The zero-order valence-corrected chi connectivity index (χ0v) is 7.98. The molecule has 1 nitrogen and oxygen atoms in total. The lowest BCUT2D eigenvalue weighted by molar-refractivity contribution is 0.250. The van der Waals surface area contributed by atoms with Gasteiger partial charge in [-0.05, 0) is 51.1 Å². The maximum atomic E-state index is 13.0. The van der Waals surface area contributed by atoms with Crippen LogP contribution in [0.5, 0.6) is 0 Å². The van der Waals surface area contributed by atoms with Crippen molar-refractivity contribution in [3.05, 3.63) is 0 Å². The monoisotopic (exact) mass is 173 g/mol. The standard InChI is InChI=1S/C10H20FN/c1-2-10(11)8-9-4-3-6-12-7-5-9/h9-10,12H,2-8H2,1H3. The van der Waals surface area contributed by atoms with Crippen molar-refractivity contribution in [2.75, 3.05) is 13.1 Å². The first-order chi connectivity index (χ1) is 5.83. The van der Waals surface area contributed by atoms with Gasteiger partial charge < -0.3 is 5.32 Å². The summed E-state index contributed by atoms with van der Waals surface area (Å²) in [7, 11) is 0. The van der Waals surface area contributed by atoms with Crippen molar-refractivity contribution < 1.29 is 4.39 Å². The summed E-state index contributed by atoms with van der Waals surface area (Å²) in [5, 5.41) is 3.35. The lowest BCUT2D eigenvalue weighted by Gasteiger charge is -2.15. The van der Waals surface area contributed by atoms with E-state index in [-0.39, 0.29) is 0 Å². The number of rotatable bonds is 3. The van der Waals surface area contributed by atoms with Gasteiger partial charge in [0.15, 0.2) is 0 Å². The number of hydrogen-bond donors (Lipinski definition) is 1. The second-order valence-electron chi connectivity index (χ2n) is 3.79. The third-order valence-corrected chi connectivity index (χ3v) is 2.73. The van der Waals surface area contributed by atoms with E-state index in [9.17, 15) is 4.39 Å². The minimum absolute atomic E-state index is 0.562. The molecule has 1 N–H and O–H groups in total. The largest absolute Gasteiger partial charge is 0.317 e. The summed E-state index contributed by atoms with van der Waals surface area (Å²) in [5.74, 6) is 0.634. The predicted molar refractivity (Wildman–Crippen MR) is 50.0 cm³/mol. The fourth-order valence-electron chi connectivity index (χ4n) is 1.86. The molecule has 2 heteroatoms. The Balaban J connectivity index is 2.20. The summed E-state index contributed by atoms with van der Waals surface area (Å²) in [5.41, 5.74) is 0. The molecular formula is C10H20FN. The maximum absolute atomic E-state index is 13.0. The van der Waals surface area contributed by atoms with E-state index in [0.29, 0.717) is 12.3 Å². The van der Waals surface area contributed by atoms with Gasteiger partial charge in [-0.15, -0.1) is 0 Å². The number of halogens is 1. The molecule has 0 saturated carbocycles. The summed E-state index contributed by atoms with van der Waals surface area (Å²) in [6, 6.07) is 0. The van der Waals surface area contributed by atoms with Gasteiger partial charge in [-0.2, -0.15) is 0 Å². The zero-order chi connectivity index (χ0) is 8.81. The highest BCUT2D eigenvalue weighted by atomic mass is 19.1. The van der Waals surface area contributed by atoms with Crippen molar-refractivity contribution in [3.63, 3.8) is 0 Å². The van der Waals surface area contributed by atoms with Crippen LogP contribution in [0.1, 0.15) is 39.0 Å². The molecule has 1 saturated heterocycles. The first-order valence-electron chi connectivity index (χ1n) is 5.17. The molecular weight excluding hydrogens is 153 g/mol. The van der Waals surface area contributed by atoms with E-state index >= 15 is 0 Å². The Kier molecular flexibility index (Phi) is 4.59. The van der Waals surface area contributed by atoms with Crippen molar-refractivity contribution in [2.45, 2.75) is 45.2 Å². The summed E-state index contributed by atoms with van der Waals surface area (Å²) < 4.78 is 13.0. The second kappa shape index (κ2) is 5.52. The quantitative estimate of drug-likeness (QED) is 0.691. The Hall–Kier alpha value is -0.110. The molecule has 1 heterocycles. The van der Waals surface area contributed by atoms with Crippen molar-refractivity contribution in [3.8, 4) is 0 Å². The Morgan fingerprint density at radius 3 is 3.00 bits per heavy atom. The highest BCUT2D eigenvalue weighted by molar-refractivity contribution is 4.69. The minimum Gasteiger partial charge on any atom is -0.317 e. The van der Waals surface area contributed by atoms with Gasteiger partial charge in [-0.1, -0.05) is 6.92 Å². The van der Waals surface area contributed by atoms with Crippen LogP contribution in [0.15, 0.2) is 0 Å². The lowest BCUT2D eigenvalue weighted by Crippen LogP contribution is -2.15. The molecule has 0 amide bonds. The van der Waals surface area contributed by atoms with Crippen molar-refractivity contribution in [1.82, 2.24) is 5.32 Å². The van der Waals surface area contributed by atoms with E-state index in [2.05, 4.69) is 5.32 Å². The molecule has 0 radical (unpaired) electrons. The van der Waals surface area contributed by atoms with E-state index in [1.54, 1.807) is 0 Å². The molecule has 1 aliphatic heterocycles. The van der Waals surface area contributed by atoms with Crippen molar-refractivity contribution in [2.24, 2.45) is 5.92 Å². The van der Waals surface area contributed by atoms with Crippen LogP contribution in [0, 0.1) is 5.92 Å². The molecule has 0 aromatic rings. The minimum atomic E-state index is -0.562. The fourth-order valence-corrected chi connectivity index (χ4v) is 1.86. The summed E-state index contributed by atoms with van der Waals surface area (Å²) >= 11 is 0. The van der Waals surface area contributed by atoms with E-state index in [1.807, 2.05) is 6.92 Å². The van der Waals surface area contributed by atoms with Crippen LogP contribution in [0.3, 0.4) is 0 Å². The van der Waals surface area contributed by atoms with E-state index in [1.165, 1.54) is 19.3 Å². The molecule has 72 valence electrons. The van der Waals surface area contributed by atoms with Crippen LogP contribution >= 0.6 is 0 Å². The number of alkyl halides is 1. The van der Waals surface area contributed by atoms with E-state index < -0.39 is 6.17 Å². The Morgan fingerprint density at radius 1 is 1.42 bits per heavy atom.